The Morgan fingerprint density at radius 2 is 1.96 bits per heavy atom. The van der Waals surface area contributed by atoms with E-state index in [0.29, 0.717) is 12.3 Å². The number of rotatable bonds is 8. The highest BCUT2D eigenvalue weighted by molar-refractivity contribution is 6.03. The summed E-state index contributed by atoms with van der Waals surface area (Å²) in [6, 6.07) is 11.4. The van der Waals surface area contributed by atoms with Crippen LogP contribution >= 0.6 is 0 Å². The summed E-state index contributed by atoms with van der Waals surface area (Å²) in [5.41, 5.74) is 3.28. The summed E-state index contributed by atoms with van der Waals surface area (Å²) >= 11 is 0. The quantitative estimate of drug-likeness (QED) is 0.734. The number of nitrogens with zero attached hydrogens (tertiary/aromatic N) is 1. The van der Waals surface area contributed by atoms with Gasteiger partial charge >= 0.3 is 0 Å². The van der Waals surface area contributed by atoms with Gasteiger partial charge in [0.05, 0.1) is 0 Å². The first kappa shape index (κ1) is 17.0. The maximum absolute atomic E-state index is 12.3. The van der Waals surface area contributed by atoms with Crippen LogP contribution in [0.3, 0.4) is 0 Å². The van der Waals surface area contributed by atoms with E-state index in [1.54, 1.807) is 19.4 Å². The Morgan fingerprint density at radius 1 is 1.17 bits per heavy atom. The molecule has 0 aliphatic rings. The van der Waals surface area contributed by atoms with E-state index in [1.165, 1.54) is 5.56 Å². The molecule has 2 N–H and O–H groups in total. The Labute approximate surface area is 137 Å². The zero-order valence-corrected chi connectivity index (χ0v) is 13.6. The molecule has 122 valence electrons. The first-order valence-corrected chi connectivity index (χ1v) is 7.82. The normalized spacial score (nSPS) is 10.3. The minimum absolute atomic E-state index is 0.213. The Morgan fingerprint density at radius 3 is 2.65 bits per heavy atom. The minimum Gasteiger partial charge on any atom is -0.385 e. The van der Waals surface area contributed by atoms with Crippen molar-refractivity contribution in [2.75, 3.05) is 30.9 Å². The molecule has 1 aromatic carbocycles. The number of amides is 1. The van der Waals surface area contributed by atoms with E-state index in [2.05, 4.69) is 22.5 Å². The molecule has 0 spiro atoms. The highest BCUT2D eigenvalue weighted by atomic mass is 16.5. The van der Waals surface area contributed by atoms with Gasteiger partial charge < -0.3 is 15.4 Å². The van der Waals surface area contributed by atoms with Gasteiger partial charge in [0.1, 0.15) is 5.69 Å². The number of ether oxygens (including phenoxy) is 1. The summed E-state index contributed by atoms with van der Waals surface area (Å²) in [6.07, 6.45) is 3.52. The van der Waals surface area contributed by atoms with Gasteiger partial charge in [0.25, 0.3) is 5.91 Å². The third-order valence-electron chi connectivity index (χ3n) is 3.47. The SMILES string of the molecule is CCc1ccc(NC(=O)c2cc(NCCCOC)ccn2)cc1. The highest BCUT2D eigenvalue weighted by Crippen LogP contribution is 2.13. The van der Waals surface area contributed by atoms with Crippen molar-refractivity contribution in [2.24, 2.45) is 0 Å². The molecular formula is C18H23N3O2. The molecular weight excluding hydrogens is 290 g/mol. The van der Waals surface area contributed by atoms with Gasteiger partial charge in [-0.25, -0.2) is 0 Å². The maximum Gasteiger partial charge on any atom is 0.274 e. The topological polar surface area (TPSA) is 63.2 Å². The number of methoxy groups -OCH3 is 1. The molecule has 0 aliphatic carbocycles. The van der Waals surface area contributed by atoms with Gasteiger partial charge in [0.2, 0.25) is 0 Å². The predicted octanol–water partition coefficient (Wildman–Crippen LogP) is 3.34. The van der Waals surface area contributed by atoms with E-state index in [9.17, 15) is 4.79 Å². The number of benzene rings is 1. The molecule has 23 heavy (non-hydrogen) atoms. The van der Waals surface area contributed by atoms with Crippen LogP contribution in [0.1, 0.15) is 29.4 Å². The second-order valence-corrected chi connectivity index (χ2v) is 5.21. The Bertz CT molecular complexity index is 626. The maximum atomic E-state index is 12.3. The lowest BCUT2D eigenvalue weighted by Crippen LogP contribution is -2.14. The standard InChI is InChI=1S/C18H23N3O2/c1-3-14-5-7-15(8-6-14)21-18(22)17-13-16(9-11-20-17)19-10-4-12-23-2/h5-9,11,13H,3-4,10,12H2,1-2H3,(H,19,20)(H,21,22). The van der Waals surface area contributed by atoms with Crippen molar-refractivity contribution >= 4 is 17.3 Å². The largest absolute Gasteiger partial charge is 0.385 e. The molecule has 5 heteroatoms. The summed E-state index contributed by atoms with van der Waals surface area (Å²) in [6.45, 7) is 3.60. The lowest BCUT2D eigenvalue weighted by Gasteiger charge is -2.08. The van der Waals surface area contributed by atoms with Crippen molar-refractivity contribution in [3.8, 4) is 0 Å². The average molecular weight is 313 g/mol. The molecule has 0 saturated carbocycles. The number of carbonyl (C=O) groups is 1. The monoisotopic (exact) mass is 313 g/mol. The van der Waals surface area contributed by atoms with Gasteiger partial charge in [0.15, 0.2) is 0 Å². The fourth-order valence-corrected chi connectivity index (χ4v) is 2.13. The number of carbonyl (C=O) groups excluding carboxylic acids is 1. The number of pyridine rings is 1. The number of aryl methyl sites for hydroxylation is 1. The van der Waals surface area contributed by atoms with Gasteiger partial charge in [-0.3, -0.25) is 9.78 Å². The number of hydrogen-bond acceptors (Lipinski definition) is 4. The molecule has 0 unspecified atom stereocenters. The van der Waals surface area contributed by atoms with Crippen molar-refractivity contribution in [1.29, 1.82) is 0 Å². The van der Waals surface area contributed by atoms with Crippen molar-refractivity contribution in [3.63, 3.8) is 0 Å². The predicted molar refractivity (Wildman–Crippen MR) is 93.0 cm³/mol. The van der Waals surface area contributed by atoms with Crippen molar-refractivity contribution < 1.29 is 9.53 Å². The van der Waals surface area contributed by atoms with Crippen LogP contribution < -0.4 is 10.6 Å². The Kier molecular flexibility index (Phi) is 6.56. The van der Waals surface area contributed by atoms with Crippen molar-refractivity contribution in [1.82, 2.24) is 4.98 Å². The summed E-state index contributed by atoms with van der Waals surface area (Å²) in [4.78, 5) is 16.4. The summed E-state index contributed by atoms with van der Waals surface area (Å²) in [5.74, 6) is -0.213. The minimum atomic E-state index is -0.213. The molecule has 1 aromatic heterocycles. The Balaban J connectivity index is 1.95. The first-order chi connectivity index (χ1) is 11.2. The summed E-state index contributed by atoms with van der Waals surface area (Å²) < 4.78 is 5.01. The van der Waals surface area contributed by atoms with Gasteiger partial charge in [-0.1, -0.05) is 19.1 Å². The molecule has 2 rings (SSSR count). The molecule has 1 heterocycles. The molecule has 1 amide bonds. The molecule has 2 aromatic rings. The van der Waals surface area contributed by atoms with Gasteiger partial charge in [-0.15, -0.1) is 0 Å². The fraction of sp³-hybridized carbons (Fsp3) is 0.333. The lowest BCUT2D eigenvalue weighted by atomic mass is 10.1. The molecule has 5 nitrogen and oxygen atoms in total. The molecule has 0 saturated heterocycles. The van der Waals surface area contributed by atoms with Crippen LogP contribution in [0, 0.1) is 0 Å². The fourth-order valence-electron chi connectivity index (χ4n) is 2.13. The molecule has 0 bridgehead atoms. The first-order valence-electron chi connectivity index (χ1n) is 7.82. The van der Waals surface area contributed by atoms with E-state index < -0.39 is 0 Å². The van der Waals surface area contributed by atoms with Gasteiger partial charge in [0, 0.05) is 37.8 Å². The number of aromatic nitrogens is 1. The molecule has 0 atom stereocenters. The number of hydrogen-bond donors (Lipinski definition) is 2. The van der Waals surface area contributed by atoms with Gasteiger partial charge in [-0.05, 0) is 42.7 Å². The lowest BCUT2D eigenvalue weighted by molar-refractivity contribution is 0.102. The van der Waals surface area contributed by atoms with E-state index in [-0.39, 0.29) is 5.91 Å². The van der Waals surface area contributed by atoms with Crippen molar-refractivity contribution in [2.45, 2.75) is 19.8 Å². The van der Waals surface area contributed by atoms with Crippen LogP contribution in [-0.2, 0) is 11.2 Å². The van der Waals surface area contributed by atoms with Crippen LogP contribution in [0.5, 0.6) is 0 Å². The number of nitrogens with one attached hydrogen (secondary N) is 2. The molecule has 0 aliphatic heterocycles. The van der Waals surface area contributed by atoms with Crippen molar-refractivity contribution in [3.05, 3.63) is 53.9 Å². The average Bonchev–Trinajstić information content (AvgIpc) is 2.60. The van der Waals surface area contributed by atoms with Crippen LogP contribution in [0.4, 0.5) is 11.4 Å². The van der Waals surface area contributed by atoms with Crippen LogP contribution in [-0.4, -0.2) is 31.2 Å². The second kappa shape index (κ2) is 8.90. The molecule has 0 fully saturated rings. The zero-order chi connectivity index (χ0) is 16.5. The zero-order valence-electron chi connectivity index (χ0n) is 13.6. The highest BCUT2D eigenvalue weighted by Gasteiger charge is 2.08. The van der Waals surface area contributed by atoms with Gasteiger partial charge in [-0.2, -0.15) is 0 Å². The third kappa shape index (κ3) is 5.38. The van der Waals surface area contributed by atoms with E-state index in [1.807, 2.05) is 30.3 Å². The second-order valence-electron chi connectivity index (χ2n) is 5.21. The van der Waals surface area contributed by atoms with E-state index in [4.69, 9.17) is 4.74 Å². The van der Waals surface area contributed by atoms with Crippen LogP contribution in [0.15, 0.2) is 42.6 Å². The molecule has 0 radical (unpaired) electrons. The Hall–Kier alpha value is -2.40. The number of anilines is 2. The van der Waals surface area contributed by atoms with E-state index in [0.717, 1.165) is 30.8 Å². The summed E-state index contributed by atoms with van der Waals surface area (Å²) in [5, 5.41) is 6.12. The smallest absolute Gasteiger partial charge is 0.274 e. The third-order valence-corrected chi connectivity index (χ3v) is 3.47. The van der Waals surface area contributed by atoms with Crippen LogP contribution in [0.25, 0.3) is 0 Å². The summed E-state index contributed by atoms with van der Waals surface area (Å²) in [7, 11) is 1.68. The van der Waals surface area contributed by atoms with E-state index >= 15 is 0 Å². The van der Waals surface area contributed by atoms with Crippen LogP contribution in [0.2, 0.25) is 0 Å².